The van der Waals surface area contributed by atoms with E-state index in [9.17, 15) is 14.3 Å². The molecule has 1 aliphatic rings. The molecular weight excluding hydrogens is 299 g/mol. The van der Waals surface area contributed by atoms with E-state index in [1.54, 1.807) is 13.1 Å². The SMILES string of the molecule is CCOc1ccc(CN2CCCC(O)(CC(=O)NC)C2)cc1F. The number of nitrogens with zero attached hydrogens (tertiary/aromatic N) is 1. The van der Waals surface area contributed by atoms with Crippen LogP contribution in [0.4, 0.5) is 4.39 Å². The summed E-state index contributed by atoms with van der Waals surface area (Å²) in [6, 6.07) is 4.94. The van der Waals surface area contributed by atoms with Gasteiger partial charge in [-0.3, -0.25) is 9.69 Å². The first-order valence-electron chi connectivity index (χ1n) is 8.02. The van der Waals surface area contributed by atoms with Crippen molar-refractivity contribution in [3.8, 4) is 5.75 Å². The zero-order valence-corrected chi connectivity index (χ0v) is 13.8. The number of carbonyl (C=O) groups excluding carboxylic acids is 1. The molecule has 1 aromatic carbocycles. The highest BCUT2D eigenvalue weighted by atomic mass is 19.1. The third-order valence-electron chi connectivity index (χ3n) is 4.11. The molecule has 0 saturated carbocycles. The molecule has 23 heavy (non-hydrogen) atoms. The molecule has 1 saturated heterocycles. The first-order chi connectivity index (χ1) is 11.0. The minimum atomic E-state index is -1.01. The molecule has 1 fully saturated rings. The first-order valence-corrected chi connectivity index (χ1v) is 8.02. The van der Waals surface area contributed by atoms with Gasteiger partial charge in [-0.15, -0.1) is 0 Å². The fraction of sp³-hybridized carbons (Fsp3) is 0.588. The van der Waals surface area contributed by atoms with Crippen LogP contribution in [0, 0.1) is 5.82 Å². The highest BCUT2D eigenvalue weighted by molar-refractivity contribution is 5.76. The number of amides is 1. The molecule has 0 aromatic heterocycles. The van der Waals surface area contributed by atoms with Crippen LogP contribution in [0.2, 0.25) is 0 Å². The smallest absolute Gasteiger partial charge is 0.222 e. The summed E-state index contributed by atoms with van der Waals surface area (Å²) in [6.45, 7) is 4.02. The molecule has 2 N–H and O–H groups in total. The molecule has 2 rings (SSSR count). The number of β-amino-alcohol motifs (C(OH)–C–C–N with tert-alkyl or cyclic N) is 1. The van der Waals surface area contributed by atoms with Crippen LogP contribution in [0.5, 0.6) is 5.75 Å². The number of benzene rings is 1. The first kappa shape index (κ1) is 17.7. The third-order valence-corrected chi connectivity index (χ3v) is 4.11. The Kier molecular flexibility index (Phi) is 5.96. The lowest BCUT2D eigenvalue weighted by molar-refractivity contribution is -0.128. The van der Waals surface area contributed by atoms with Gasteiger partial charge in [-0.25, -0.2) is 4.39 Å². The Morgan fingerprint density at radius 2 is 2.30 bits per heavy atom. The topological polar surface area (TPSA) is 61.8 Å². The standard InChI is InChI=1S/C17H25FN2O3/c1-3-23-15-6-5-13(9-14(15)18)11-20-8-4-7-17(22,12-20)10-16(21)19-2/h5-6,9,22H,3-4,7-8,10-12H2,1-2H3,(H,19,21). The molecule has 128 valence electrons. The molecule has 0 bridgehead atoms. The Balaban J connectivity index is 1.99. The zero-order valence-electron chi connectivity index (χ0n) is 13.8. The highest BCUT2D eigenvalue weighted by Gasteiger charge is 2.35. The molecule has 0 spiro atoms. The minimum absolute atomic E-state index is 0.0949. The Morgan fingerprint density at radius 3 is 2.96 bits per heavy atom. The maximum absolute atomic E-state index is 13.9. The van der Waals surface area contributed by atoms with Crippen LogP contribution >= 0.6 is 0 Å². The lowest BCUT2D eigenvalue weighted by atomic mass is 9.89. The van der Waals surface area contributed by atoms with Crippen molar-refractivity contribution in [2.45, 2.75) is 38.3 Å². The van der Waals surface area contributed by atoms with Crippen LogP contribution in [0.1, 0.15) is 31.7 Å². The van der Waals surface area contributed by atoms with Gasteiger partial charge >= 0.3 is 0 Å². The average Bonchev–Trinajstić information content (AvgIpc) is 2.49. The number of hydrogen-bond acceptors (Lipinski definition) is 4. The van der Waals surface area contributed by atoms with E-state index in [0.29, 0.717) is 26.1 Å². The van der Waals surface area contributed by atoms with E-state index in [1.165, 1.54) is 6.07 Å². The van der Waals surface area contributed by atoms with Gasteiger partial charge in [0.1, 0.15) is 0 Å². The van der Waals surface area contributed by atoms with Gasteiger partial charge in [0.2, 0.25) is 5.91 Å². The molecule has 1 unspecified atom stereocenters. The van der Waals surface area contributed by atoms with Gasteiger partial charge < -0.3 is 15.2 Å². The lowest BCUT2D eigenvalue weighted by Crippen LogP contribution is -2.49. The largest absolute Gasteiger partial charge is 0.491 e. The summed E-state index contributed by atoms with van der Waals surface area (Å²) < 4.78 is 19.1. The fourth-order valence-corrected chi connectivity index (χ4v) is 3.05. The van der Waals surface area contributed by atoms with E-state index in [1.807, 2.05) is 13.0 Å². The monoisotopic (exact) mass is 324 g/mol. The number of hydrogen-bond donors (Lipinski definition) is 2. The van der Waals surface area contributed by atoms with E-state index in [0.717, 1.165) is 18.5 Å². The van der Waals surface area contributed by atoms with Crippen molar-refractivity contribution in [2.75, 3.05) is 26.7 Å². The Bertz CT molecular complexity index is 553. The van der Waals surface area contributed by atoms with E-state index >= 15 is 0 Å². The van der Waals surface area contributed by atoms with E-state index in [-0.39, 0.29) is 23.9 Å². The summed E-state index contributed by atoms with van der Waals surface area (Å²) in [5.74, 6) is -0.283. The van der Waals surface area contributed by atoms with Crippen LogP contribution in [0.15, 0.2) is 18.2 Å². The summed E-state index contributed by atoms with van der Waals surface area (Å²) in [7, 11) is 1.56. The van der Waals surface area contributed by atoms with Gasteiger partial charge in [0.15, 0.2) is 11.6 Å². The Morgan fingerprint density at radius 1 is 1.52 bits per heavy atom. The Hall–Kier alpha value is -1.66. The molecule has 1 aromatic rings. The summed E-state index contributed by atoms with van der Waals surface area (Å²) >= 11 is 0. The summed E-state index contributed by atoms with van der Waals surface area (Å²) in [6.07, 6.45) is 1.51. The van der Waals surface area contributed by atoms with E-state index in [2.05, 4.69) is 10.2 Å². The summed E-state index contributed by atoms with van der Waals surface area (Å²) in [4.78, 5) is 13.6. The quantitative estimate of drug-likeness (QED) is 0.836. The summed E-state index contributed by atoms with van der Waals surface area (Å²) in [5.41, 5.74) is -0.183. The number of piperidine rings is 1. The second-order valence-electron chi connectivity index (χ2n) is 6.09. The number of aliphatic hydroxyl groups is 1. The van der Waals surface area contributed by atoms with Crippen LogP contribution in [0.3, 0.4) is 0 Å². The predicted molar refractivity (Wildman–Crippen MR) is 85.7 cm³/mol. The van der Waals surface area contributed by atoms with Gasteiger partial charge in [0, 0.05) is 20.1 Å². The van der Waals surface area contributed by atoms with Crippen molar-refractivity contribution >= 4 is 5.91 Å². The third kappa shape index (κ3) is 4.91. The van der Waals surface area contributed by atoms with Crippen LogP contribution < -0.4 is 10.1 Å². The van der Waals surface area contributed by atoms with Gasteiger partial charge in [0.05, 0.1) is 18.6 Å². The van der Waals surface area contributed by atoms with E-state index < -0.39 is 5.60 Å². The predicted octanol–water partition coefficient (Wildman–Crippen LogP) is 1.69. The van der Waals surface area contributed by atoms with Crippen molar-refractivity contribution in [2.24, 2.45) is 0 Å². The van der Waals surface area contributed by atoms with Crippen molar-refractivity contribution in [3.63, 3.8) is 0 Å². The normalized spacial score (nSPS) is 21.9. The van der Waals surface area contributed by atoms with Crippen molar-refractivity contribution in [3.05, 3.63) is 29.6 Å². The Labute approximate surface area is 136 Å². The van der Waals surface area contributed by atoms with Crippen molar-refractivity contribution in [1.29, 1.82) is 0 Å². The molecule has 0 aliphatic carbocycles. The van der Waals surface area contributed by atoms with Crippen LogP contribution in [0.25, 0.3) is 0 Å². The highest BCUT2D eigenvalue weighted by Crippen LogP contribution is 2.26. The molecule has 1 atom stereocenters. The van der Waals surface area contributed by atoms with Gasteiger partial charge in [-0.1, -0.05) is 6.07 Å². The molecule has 1 heterocycles. The minimum Gasteiger partial charge on any atom is -0.491 e. The maximum Gasteiger partial charge on any atom is 0.222 e. The molecule has 5 nitrogen and oxygen atoms in total. The fourth-order valence-electron chi connectivity index (χ4n) is 3.05. The molecule has 6 heteroatoms. The maximum atomic E-state index is 13.9. The molecule has 1 aliphatic heterocycles. The van der Waals surface area contributed by atoms with Crippen LogP contribution in [-0.4, -0.2) is 48.3 Å². The second kappa shape index (κ2) is 7.75. The van der Waals surface area contributed by atoms with Gasteiger partial charge in [0.25, 0.3) is 0 Å². The number of ether oxygens (including phenoxy) is 1. The van der Waals surface area contributed by atoms with Crippen LogP contribution in [-0.2, 0) is 11.3 Å². The number of carbonyl (C=O) groups is 1. The molecular formula is C17H25FN2O3. The molecule has 0 radical (unpaired) electrons. The second-order valence-corrected chi connectivity index (χ2v) is 6.09. The number of halogens is 1. The number of rotatable bonds is 6. The van der Waals surface area contributed by atoms with Crippen molar-refractivity contribution < 1.29 is 19.0 Å². The summed E-state index contributed by atoms with van der Waals surface area (Å²) in [5, 5.41) is 13.1. The average molecular weight is 324 g/mol. The lowest BCUT2D eigenvalue weighted by Gasteiger charge is -2.38. The number of likely N-dealkylation sites (tertiary alicyclic amines) is 1. The van der Waals surface area contributed by atoms with Crippen molar-refractivity contribution in [1.82, 2.24) is 10.2 Å². The van der Waals surface area contributed by atoms with E-state index in [4.69, 9.17) is 4.74 Å². The zero-order chi connectivity index (χ0) is 16.9. The van der Waals surface area contributed by atoms with Gasteiger partial charge in [-0.2, -0.15) is 0 Å². The van der Waals surface area contributed by atoms with Gasteiger partial charge in [-0.05, 0) is 44.0 Å². The number of nitrogens with one attached hydrogen (secondary N) is 1. The molecule has 1 amide bonds.